The van der Waals surface area contributed by atoms with Gasteiger partial charge in [0.25, 0.3) is 0 Å². The third-order valence-corrected chi connectivity index (χ3v) is 6.24. The second-order valence-electron chi connectivity index (χ2n) is 8.58. The van der Waals surface area contributed by atoms with E-state index in [1.807, 2.05) is 0 Å². The average Bonchev–Trinajstić information content (AvgIpc) is 3.07. The Kier molecular flexibility index (Phi) is 8.15. The molecule has 2 heterocycles. The van der Waals surface area contributed by atoms with Crippen molar-refractivity contribution < 1.29 is 14.0 Å². The molecule has 32 heavy (non-hydrogen) atoms. The molecule has 0 radical (unpaired) electrons. The Bertz CT molecular complexity index is 958. The van der Waals surface area contributed by atoms with Crippen molar-refractivity contribution in [1.29, 1.82) is 0 Å². The van der Waals surface area contributed by atoms with Gasteiger partial charge in [-0.1, -0.05) is 18.6 Å². The molecule has 2 aromatic rings. The van der Waals surface area contributed by atoms with Crippen molar-refractivity contribution in [1.82, 2.24) is 20.0 Å². The number of nitrogens with zero attached hydrogens (tertiary/aromatic N) is 4. The lowest BCUT2D eigenvalue weighted by Crippen LogP contribution is -2.40. The minimum Gasteiger partial charge on any atom is -0.308 e. The van der Waals surface area contributed by atoms with E-state index in [1.54, 1.807) is 27.1 Å². The molecule has 0 bridgehead atoms. The van der Waals surface area contributed by atoms with Gasteiger partial charge in [0.2, 0.25) is 11.7 Å². The third-order valence-electron chi connectivity index (χ3n) is 6.24. The molecule has 7 nitrogen and oxygen atoms in total. The predicted octanol–water partition coefficient (Wildman–Crippen LogP) is 2.92. The number of hydrogen-bond acceptors (Lipinski definition) is 5. The van der Waals surface area contributed by atoms with E-state index in [-0.39, 0.29) is 23.6 Å². The largest absolute Gasteiger partial charge is 0.308 e. The van der Waals surface area contributed by atoms with E-state index >= 15 is 0 Å². The average molecular weight is 444 g/mol. The molecule has 0 aliphatic carbocycles. The van der Waals surface area contributed by atoms with Gasteiger partial charge in [0.1, 0.15) is 11.6 Å². The van der Waals surface area contributed by atoms with Crippen molar-refractivity contribution in [3.63, 3.8) is 0 Å². The number of halogens is 1. The van der Waals surface area contributed by atoms with Crippen LogP contribution in [0, 0.1) is 12.7 Å². The molecular weight excluding hydrogens is 409 g/mol. The number of rotatable bonds is 9. The molecule has 1 N–H and O–H groups in total. The summed E-state index contributed by atoms with van der Waals surface area (Å²) < 4.78 is 15.7. The molecule has 1 amide bonds. The topological polar surface area (TPSA) is 70.5 Å². The van der Waals surface area contributed by atoms with E-state index in [0.29, 0.717) is 17.6 Å². The fourth-order valence-corrected chi connectivity index (χ4v) is 4.41. The van der Waals surface area contributed by atoms with Crippen LogP contribution in [-0.2, 0) is 11.8 Å². The lowest BCUT2D eigenvalue weighted by Gasteiger charge is -2.33. The Balaban J connectivity index is 1.61. The van der Waals surface area contributed by atoms with Crippen molar-refractivity contribution in [2.75, 3.05) is 38.1 Å². The van der Waals surface area contributed by atoms with Crippen LogP contribution < -0.4 is 10.2 Å². The first-order valence-corrected chi connectivity index (χ1v) is 11.4. The van der Waals surface area contributed by atoms with Crippen molar-refractivity contribution in [2.24, 2.45) is 7.05 Å². The first-order chi connectivity index (χ1) is 15.3. The summed E-state index contributed by atoms with van der Waals surface area (Å²) in [5, 5.41) is 7.53. The zero-order chi connectivity index (χ0) is 23.3. The number of nitrogens with one attached hydrogen (secondary N) is 1. The molecule has 1 unspecified atom stereocenters. The van der Waals surface area contributed by atoms with E-state index in [1.165, 1.54) is 47.0 Å². The number of amides is 1. The van der Waals surface area contributed by atoms with Crippen LogP contribution >= 0.6 is 0 Å². The number of carbonyl (C=O) groups is 2. The maximum absolute atomic E-state index is 14.2. The molecule has 1 fully saturated rings. The number of hydrogen-bond donors (Lipinski definition) is 1. The van der Waals surface area contributed by atoms with Crippen LogP contribution in [0.2, 0.25) is 0 Å². The zero-order valence-corrected chi connectivity index (χ0v) is 19.5. The Morgan fingerprint density at radius 3 is 2.75 bits per heavy atom. The lowest BCUT2D eigenvalue weighted by molar-refractivity contribution is -0.117. The molecule has 0 saturated carbocycles. The van der Waals surface area contributed by atoms with Gasteiger partial charge in [-0.2, -0.15) is 5.10 Å². The van der Waals surface area contributed by atoms with Crippen molar-refractivity contribution in [3.05, 3.63) is 46.9 Å². The van der Waals surface area contributed by atoms with Gasteiger partial charge in [0.05, 0.1) is 23.4 Å². The molecule has 8 heteroatoms. The van der Waals surface area contributed by atoms with Gasteiger partial charge >= 0.3 is 0 Å². The number of aromatic nitrogens is 2. The van der Waals surface area contributed by atoms with Gasteiger partial charge in [-0.15, -0.1) is 0 Å². The molecule has 1 aliphatic rings. The second kappa shape index (κ2) is 10.8. The summed E-state index contributed by atoms with van der Waals surface area (Å²) in [7, 11) is 3.30. The number of anilines is 1. The number of benzene rings is 1. The van der Waals surface area contributed by atoms with E-state index in [9.17, 15) is 14.0 Å². The third kappa shape index (κ3) is 5.42. The summed E-state index contributed by atoms with van der Waals surface area (Å²) in [6.07, 6.45) is 4.81. The Hall–Kier alpha value is -2.58. The quantitative estimate of drug-likeness (QED) is 0.477. The monoisotopic (exact) mass is 443 g/mol. The van der Waals surface area contributed by atoms with Gasteiger partial charge in [-0.3, -0.25) is 19.2 Å². The lowest BCUT2D eigenvalue weighted by atomic mass is 10.0. The summed E-state index contributed by atoms with van der Waals surface area (Å²) >= 11 is 0. The minimum atomic E-state index is -0.592. The van der Waals surface area contributed by atoms with Crippen molar-refractivity contribution in [3.8, 4) is 0 Å². The summed E-state index contributed by atoms with van der Waals surface area (Å²) in [6.45, 7) is 7.05. The van der Waals surface area contributed by atoms with Crippen LogP contribution in [-0.4, -0.2) is 65.6 Å². The van der Waals surface area contributed by atoms with Crippen molar-refractivity contribution >= 4 is 17.5 Å². The molecule has 1 aliphatic heterocycles. The first-order valence-electron chi connectivity index (χ1n) is 11.4. The maximum atomic E-state index is 14.2. The number of piperidine rings is 1. The van der Waals surface area contributed by atoms with Gasteiger partial charge in [0, 0.05) is 20.1 Å². The normalized spacial score (nSPS) is 16.8. The minimum absolute atomic E-state index is 0.0317. The number of ketones is 1. The highest BCUT2D eigenvalue weighted by molar-refractivity contribution is 6.14. The highest BCUT2D eigenvalue weighted by atomic mass is 19.1. The number of aryl methyl sites for hydroxylation is 2. The Morgan fingerprint density at radius 2 is 2.03 bits per heavy atom. The highest BCUT2D eigenvalue weighted by Crippen LogP contribution is 2.26. The number of likely N-dealkylation sites (N-methyl/N-ethyl adjacent to an activating group) is 1. The van der Waals surface area contributed by atoms with Crippen LogP contribution in [0.15, 0.2) is 24.3 Å². The summed E-state index contributed by atoms with van der Waals surface area (Å²) in [6, 6.07) is 6.49. The molecule has 1 saturated heterocycles. The maximum Gasteiger partial charge on any atom is 0.241 e. The highest BCUT2D eigenvalue weighted by Gasteiger charge is 2.28. The Labute approximate surface area is 189 Å². The van der Waals surface area contributed by atoms with Crippen LogP contribution in [0.3, 0.4) is 0 Å². The molecule has 3 rings (SSSR count). The number of carbonyl (C=O) groups excluding carboxylic acids is 2. The number of likely N-dealkylation sites (tertiary alicyclic amines) is 1. The standard InChI is InChI=1S/C24H34FN5O2/c1-17-10-7-8-14-30(17)15-9-13-26-16-21(31)28(3)24-22(18(2)27-29(24)4)23(32)19-11-5-6-12-20(19)25/h5-6,11-12,17,26H,7-10,13-16H2,1-4H3. The fraction of sp³-hybridized carbons (Fsp3) is 0.542. The van der Waals surface area contributed by atoms with Gasteiger partial charge in [-0.05, 0) is 64.9 Å². The molecule has 174 valence electrons. The van der Waals surface area contributed by atoms with Crippen LogP contribution in [0.25, 0.3) is 0 Å². The SMILES string of the molecule is Cc1nn(C)c(N(C)C(=O)CNCCCN2CCCCC2C)c1C(=O)c1ccccc1F. The molecule has 1 atom stereocenters. The zero-order valence-electron chi connectivity index (χ0n) is 19.5. The van der Waals surface area contributed by atoms with Crippen LogP contribution in [0.5, 0.6) is 0 Å². The Morgan fingerprint density at radius 1 is 1.28 bits per heavy atom. The van der Waals surface area contributed by atoms with E-state index in [4.69, 9.17) is 0 Å². The summed E-state index contributed by atoms with van der Waals surface area (Å²) in [5.41, 5.74) is 0.669. The molecule has 1 aromatic carbocycles. The first kappa shape index (κ1) is 24.1. The van der Waals surface area contributed by atoms with E-state index in [0.717, 1.165) is 26.1 Å². The van der Waals surface area contributed by atoms with Crippen LogP contribution in [0.1, 0.15) is 54.2 Å². The fourth-order valence-electron chi connectivity index (χ4n) is 4.41. The van der Waals surface area contributed by atoms with E-state index in [2.05, 4.69) is 22.2 Å². The van der Waals surface area contributed by atoms with Crippen molar-refractivity contribution in [2.45, 2.75) is 45.6 Å². The second-order valence-corrected chi connectivity index (χ2v) is 8.58. The van der Waals surface area contributed by atoms with Crippen LogP contribution in [0.4, 0.5) is 10.2 Å². The van der Waals surface area contributed by atoms with Gasteiger partial charge in [-0.25, -0.2) is 4.39 Å². The van der Waals surface area contributed by atoms with Gasteiger partial charge < -0.3 is 10.2 Å². The molecule has 0 spiro atoms. The van der Waals surface area contributed by atoms with Gasteiger partial charge in [0.15, 0.2) is 0 Å². The summed E-state index contributed by atoms with van der Waals surface area (Å²) in [4.78, 5) is 29.8. The molecule has 1 aromatic heterocycles. The van der Waals surface area contributed by atoms with E-state index < -0.39 is 11.6 Å². The summed E-state index contributed by atoms with van der Waals surface area (Å²) in [5.74, 6) is -0.885. The molecular formula is C24H34FN5O2. The smallest absolute Gasteiger partial charge is 0.241 e. The predicted molar refractivity (Wildman–Crippen MR) is 124 cm³/mol.